The molecule has 0 aliphatic carbocycles. The van der Waals surface area contributed by atoms with Crippen LogP contribution >= 0.6 is 0 Å². The lowest BCUT2D eigenvalue weighted by Gasteiger charge is -2.33. The van der Waals surface area contributed by atoms with Gasteiger partial charge in [-0.1, -0.05) is 32.9 Å². The van der Waals surface area contributed by atoms with E-state index in [1.165, 1.54) is 0 Å². The monoisotopic (exact) mass is 312 g/mol. The molecule has 21 heavy (non-hydrogen) atoms. The van der Waals surface area contributed by atoms with Crippen LogP contribution in [-0.2, 0) is 10.0 Å². The second kappa shape index (κ2) is 5.61. The number of nitrogen functional groups attached to an aromatic ring is 1. The predicted molar refractivity (Wildman–Crippen MR) is 88.8 cm³/mol. The molecule has 0 saturated heterocycles. The Morgan fingerprint density at radius 1 is 1.05 bits per heavy atom. The number of sulfonamides is 1. The van der Waals surface area contributed by atoms with E-state index in [0.29, 0.717) is 11.3 Å². The van der Waals surface area contributed by atoms with Gasteiger partial charge in [0.05, 0.1) is 5.69 Å². The first kappa shape index (κ1) is 18.0. The van der Waals surface area contributed by atoms with Crippen molar-refractivity contribution in [3.8, 4) is 0 Å². The molecule has 0 amide bonds. The summed E-state index contributed by atoms with van der Waals surface area (Å²) in [5.41, 5.74) is 7.25. The van der Waals surface area contributed by atoms with E-state index in [1.807, 2.05) is 26.8 Å². The number of hydrogen-bond acceptors (Lipinski definition) is 3. The van der Waals surface area contributed by atoms with Crippen LogP contribution in [0.25, 0.3) is 0 Å². The molecule has 0 unspecified atom stereocenters. The maximum Gasteiger partial charge on any atom is 0.243 e. The smallest absolute Gasteiger partial charge is 0.243 e. The maximum atomic E-state index is 12.7. The molecule has 120 valence electrons. The topological polar surface area (TPSA) is 72.2 Å². The van der Waals surface area contributed by atoms with Gasteiger partial charge in [-0.3, -0.25) is 0 Å². The summed E-state index contributed by atoms with van der Waals surface area (Å²) in [6, 6.07) is 3.63. The van der Waals surface area contributed by atoms with Crippen LogP contribution in [0.5, 0.6) is 0 Å². The molecule has 0 aliphatic rings. The third-order valence-electron chi connectivity index (χ3n) is 3.26. The van der Waals surface area contributed by atoms with Crippen LogP contribution in [-0.4, -0.2) is 14.0 Å². The van der Waals surface area contributed by atoms with Gasteiger partial charge in [-0.15, -0.1) is 0 Å². The van der Waals surface area contributed by atoms with E-state index in [2.05, 4.69) is 25.5 Å². The Morgan fingerprint density at radius 3 is 2.00 bits per heavy atom. The number of hydrogen-bond donors (Lipinski definition) is 2. The lowest BCUT2D eigenvalue weighted by molar-refractivity contribution is 0.269. The molecule has 0 bridgehead atoms. The van der Waals surface area contributed by atoms with Crippen molar-refractivity contribution in [2.75, 3.05) is 5.73 Å². The Balaban J connectivity index is 3.23. The Bertz CT molecular complexity index is 626. The molecule has 0 aromatic heterocycles. The summed E-state index contributed by atoms with van der Waals surface area (Å²) in [5, 5.41) is 0. The van der Waals surface area contributed by atoms with E-state index in [-0.39, 0.29) is 10.3 Å². The highest BCUT2D eigenvalue weighted by Crippen LogP contribution is 2.31. The fraction of sp³-hybridized carbons (Fsp3) is 0.625. The highest BCUT2D eigenvalue weighted by molar-refractivity contribution is 7.89. The number of nitrogens with two attached hydrogens (primary N) is 1. The third-order valence-corrected chi connectivity index (χ3v) is 5.16. The number of anilines is 1. The van der Waals surface area contributed by atoms with Crippen molar-refractivity contribution in [3.63, 3.8) is 0 Å². The summed E-state index contributed by atoms with van der Waals surface area (Å²) < 4.78 is 28.3. The van der Waals surface area contributed by atoms with E-state index in [4.69, 9.17) is 5.73 Å². The van der Waals surface area contributed by atoms with Crippen LogP contribution in [0.2, 0.25) is 0 Å². The van der Waals surface area contributed by atoms with E-state index < -0.39 is 15.6 Å². The summed E-state index contributed by atoms with van der Waals surface area (Å²) >= 11 is 0. The molecule has 1 rings (SSSR count). The second-order valence-corrected chi connectivity index (χ2v) is 9.29. The second-order valence-electron chi connectivity index (χ2n) is 7.67. The van der Waals surface area contributed by atoms with E-state index in [1.54, 1.807) is 13.0 Å². The minimum atomic E-state index is -3.65. The molecule has 0 aliphatic heterocycles. The van der Waals surface area contributed by atoms with Crippen molar-refractivity contribution in [2.45, 2.75) is 65.3 Å². The van der Waals surface area contributed by atoms with E-state index >= 15 is 0 Å². The average molecular weight is 312 g/mol. The first-order valence-corrected chi connectivity index (χ1v) is 8.63. The summed E-state index contributed by atoms with van der Waals surface area (Å²) in [6.45, 7) is 13.7. The van der Waals surface area contributed by atoms with Gasteiger partial charge in [-0.25, -0.2) is 13.1 Å². The Hall–Kier alpha value is -1.07. The number of aryl methyl sites for hydroxylation is 2. The number of benzene rings is 1. The lowest BCUT2D eigenvalue weighted by atomic mass is 9.82. The third kappa shape index (κ3) is 4.71. The molecular weight excluding hydrogens is 284 g/mol. The van der Waals surface area contributed by atoms with Crippen LogP contribution in [0.4, 0.5) is 5.69 Å². The van der Waals surface area contributed by atoms with Gasteiger partial charge in [0.1, 0.15) is 4.90 Å². The van der Waals surface area contributed by atoms with Gasteiger partial charge in [0.25, 0.3) is 0 Å². The van der Waals surface area contributed by atoms with Crippen molar-refractivity contribution in [1.29, 1.82) is 0 Å². The van der Waals surface area contributed by atoms with Gasteiger partial charge in [-0.05, 0) is 50.7 Å². The molecule has 1 aromatic rings. The Morgan fingerprint density at radius 2 is 1.52 bits per heavy atom. The van der Waals surface area contributed by atoms with Gasteiger partial charge in [0, 0.05) is 5.54 Å². The first-order valence-electron chi connectivity index (χ1n) is 7.15. The van der Waals surface area contributed by atoms with Crippen LogP contribution in [0, 0.1) is 19.3 Å². The molecule has 0 heterocycles. The van der Waals surface area contributed by atoms with Crippen molar-refractivity contribution >= 4 is 15.7 Å². The van der Waals surface area contributed by atoms with Crippen LogP contribution in [0.1, 0.15) is 52.2 Å². The van der Waals surface area contributed by atoms with Gasteiger partial charge in [0.15, 0.2) is 0 Å². The molecular formula is C16H28N2O2S. The van der Waals surface area contributed by atoms with Gasteiger partial charge in [0.2, 0.25) is 10.0 Å². The van der Waals surface area contributed by atoms with E-state index in [9.17, 15) is 8.42 Å². The molecule has 0 saturated carbocycles. The average Bonchev–Trinajstić information content (AvgIpc) is 2.18. The largest absolute Gasteiger partial charge is 0.397 e. The highest BCUT2D eigenvalue weighted by atomic mass is 32.2. The maximum absolute atomic E-state index is 12.7. The highest BCUT2D eigenvalue weighted by Gasteiger charge is 2.32. The van der Waals surface area contributed by atoms with Crippen molar-refractivity contribution in [2.24, 2.45) is 5.41 Å². The molecule has 3 N–H and O–H groups in total. The normalized spacial score (nSPS) is 13.5. The van der Waals surface area contributed by atoms with Crippen molar-refractivity contribution in [3.05, 3.63) is 23.3 Å². The predicted octanol–water partition coefficient (Wildman–Crippen LogP) is 3.38. The molecule has 0 fully saturated rings. The van der Waals surface area contributed by atoms with Crippen LogP contribution in [0.15, 0.2) is 17.0 Å². The molecule has 0 radical (unpaired) electrons. The molecule has 0 atom stereocenters. The molecule has 0 spiro atoms. The summed E-state index contributed by atoms with van der Waals surface area (Å²) in [5.74, 6) is 0. The SMILES string of the molecule is Cc1ccc(C)c(S(=O)(=O)NC(C)(C)CC(C)(C)C)c1N. The number of nitrogens with one attached hydrogen (secondary N) is 1. The van der Waals surface area contributed by atoms with Gasteiger partial charge in [-0.2, -0.15) is 0 Å². The van der Waals surface area contributed by atoms with Gasteiger partial charge >= 0.3 is 0 Å². The molecule has 4 nitrogen and oxygen atoms in total. The van der Waals surface area contributed by atoms with Crippen LogP contribution < -0.4 is 10.5 Å². The van der Waals surface area contributed by atoms with E-state index in [0.717, 1.165) is 12.0 Å². The molecule has 1 aromatic carbocycles. The fourth-order valence-corrected chi connectivity index (χ4v) is 4.78. The zero-order valence-electron chi connectivity index (χ0n) is 14.2. The van der Waals surface area contributed by atoms with Crippen molar-refractivity contribution in [1.82, 2.24) is 4.72 Å². The van der Waals surface area contributed by atoms with Crippen LogP contribution in [0.3, 0.4) is 0 Å². The van der Waals surface area contributed by atoms with Gasteiger partial charge < -0.3 is 5.73 Å². The lowest BCUT2D eigenvalue weighted by Crippen LogP contribution is -2.46. The Labute approximate surface area is 129 Å². The summed E-state index contributed by atoms with van der Waals surface area (Å²) in [4.78, 5) is 0.199. The van der Waals surface area contributed by atoms with Crippen molar-refractivity contribution < 1.29 is 8.42 Å². The molecule has 5 heteroatoms. The Kier molecular flexibility index (Phi) is 4.81. The number of rotatable bonds is 4. The fourth-order valence-electron chi connectivity index (χ4n) is 2.94. The first-order chi connectivity index (χ1) is 9.25. The quantitative estimate of drug-likeness (QED) is 0.837. The summed E-state index contributed by atoms with van der Waals surface area (Å²) in [6.07, 6.45) is 0.726. The summed E-state index contributed by atoms with van der Waals surface area (Å²) in [7, 11) is -3.65. The minimum absolute atomic E-state index is 0.0270. The minimum Gasteiger partial charge on any atom is -0.397 e. The standard InChI is InChI=1S/C16H28N2O2S/c1-11-8-9-12(2)14(13(11)17)21(19,20)18-16(6,7)10-15(3,4)5/h8-9,18H,10,17H2,1-7H3. The zero-order valence-corrected chi connectivity index (χ0v) is 15.0. The zero-order chi connectivity index (χ0) is 16.6.